The number of halogens is 4. The van der Waals surface area contributed by atoms with E-state index >= 15 is 0 Å². The summed E-state index contributed by atoms with van der Waals surface area (Å²) in [6.07, 6.45) is -4.91. The number of aliphatic imine (C=N–C) groups is 1. The number of hydrogen-bond donors (Lipinski definition) is 2. The van der Waals surface area contributed by atoms with Crippen molar-refractivity contribution in [1.29, 1.82) is 0 Å². The van der Waals surface area contributed by atoms with E-state index < -0.39 is 6.36 Å². The lowest BCUT2D eigenvalue weighted by Crippen LogP contribution is -2.32. The van der Waals surface area contributed by atoms with Gasteiger partial charge in [0.1, 0.15) is 11.9 Å². The number of rotatable bonds is 4. The second-order valence-electron chi connectivity index (χ2n) is 4.49. The molecule has 1 saturated heterocycles. The van der Waals surface area contributed by atoms with Crippen molar-refractivity contribution >= 4 is 35.6 Å². The van der Waals surface area contributed by atoms with Crippen LogP contribution >= 0.6 is 24.0 Å². The Kier molecular flexibility index (Phi) is 7.85. The number of nitrogens with two attached hydrogens (primary N) is 1. The van der Waals surface area contributed by atoms with E-state index in [9.17, 15) is 13.2 Å². The zero-order chi connectivity index (χ0) is 16.0. The zero-order valence-electron chi connectivity index (χ0n) is 12.0. The summed E-state index contributed by atoms with van der Waals surface area (Å²) in [6, 6.07) is 5.33. The predicted molar refractivity (Wildman–Crippen MR) is 89.2 cm³/mol. The van der Waals surface area contributed by atoms with Crippen molar-refractivity contribution in [3.63, 3.8) is 0 Å². The fraction of sp³-hybridized carbons (Fsp3) is 0.462. The molecule has 1 aromatic carbocycles. The van der Waals surface area contributed by atoms with Crippen LogP contribution in [-0.2, 0) is 9.47 Å². The van der Waals surface area contributed by atoms with Gasteiger partial charge in [0.05, 0.1) is 26.4 Å². The van der Waals surface area contributed by atoms with Crippen LogP contribution in [-0.4, -0.2) is 44.8 Å². The average molecular weight is 447 g/mol. The molecular formula is C13H17F3IN3O3. The summed E-state index contributed by atoms with van der Waals surface area (Å²) in [6.45, 7) is 1.80. The fourth-order valence-corrected chi connectivity index (χ4v) is 1.80. The fourth-order valence-electron chi connectivity index (χ4n) is 1.80. The van der Waals surface area contributed by atoms with Crippen LogP contribution < -0.4 is 15.8 Å². The molecule has 0 spiro atoms. The Balaban J connectivity index is 0.00000264. The Bertz CT molecular complexity index is 523. The van der Waals surface area contributed by atoms with Gasteiger partial charge in [0.25, 0.3) is 0 Å². The SMILES string of the molecule is I.NC(=NCC1COCCO1)Nc1cccc(OC(F)(F)F)c1. The van der Waals surface area contributed by atoms with E-state index in [4.69, 9.17) is 15.2 Å². The molecule has 0 radical (unpaired) electrons. The van der Waals surface area contributed by atoms with Crippen LogP contribution in [0.4, 0.5) is 18.9 Å². The number of hydrogen-bond acceptors (Lipinski definition) is 4. The van der Waals surface area contributed by atoms with E-state index in [1.54, 1.807) is 6.07 Å². The highest BCUT2D eigenvalue weighted by atomic mass is 127. The van der Waals surface area contributed by atoms with Gasteiger partial charge in [0.2, 0.25) is 0 Å². The van der Waals surface area contributed by atoms with Crippen molar-refractivity contribution < 1.29 is 27.4 Å². The summed E-state index contributed by atoms with van der Waals surface area (Å²) in [5.41, 5.74) is 6.02. The molecule has 23 heavy (non-hydrogen) atoms. The molecule has 0 aliphatic carbocycles. The third-order valence-corrected chi connectivity index (χ3v) is 2.69. The Labute approximate surface area is 148 Å². The van der Waals surface area contributed by atoms with Crippen molar-refractivity contribution in [2.24, 2.45) is 10.7 Å². The number of nitrogens with one attached hydrogen (secondary N) is 1. The zero-order valence-corrected chi connectivity index (χ0v) is 14.3. The summed E-state index contributed by atoms with van der Waals surface area (Å²) in [5, 5.41) is 2.69. The first-order valence-electron chi connectivity index (χ1n) is 6.54. The van der Waals surface area contributed by atoms with Crippen LogP contribution in [0.5, 0.6) is 5.75 Å². The number of benzene rings is 1. The minimum absolute atomic E-state index is 0. The average Bonchev–Trinajstić information content (AvgIpc) is 2.45. The Morgan fingerprint density at radius 3 is 2.83 bits per heavy atom. The molecular weight excluding hydrogens is 430 g/mol. The molecule has 1 fully saturated rings. The van der Waals surface area contributed by atoms with Crippen molar-refractivity contribution in [3.05, 3.63) is 24.3 Å². The topological polar surface area (TPSA) is 78.1 Å². The van der Waals surface area contributed by atoms with Gasteiger partial charge in [-0.25, -0.2) is 0 Å². The lowest BCUT2D eigenvalue weighted by Gasteiger charge is -2.21. The maximum Gasteiger partial charge on any atom is 0.573 e. The van der Waals surface area contributed by atoms with Crippen LogP contribution in [0, 0.1) is 0 Å². The molecule has 130 valence electrons. The molecule has 0 saturated carbocycles. The van der Waals surface area contributed by atoms with Gasteiger partial charge in [-0.2, -0.15) is 0 Å². The van der Waals surface area contributed by atoms with Crippen LogP contribution in [0.2, 0.25) is 0 Å². The number of nitrogens with zero attached hydrogens (tertiary/aromatic N) is 1. The second kappa shape index (κ2) is 9.13. The van der Waals surface area contributed by atoms with E-state index in [1.165, 1.54) is 18.2 Å². The third kappa shape index (κ3) is 7.70. The molecule has 6 nitrogen and oxygen atoms in total. The molecule has 1 aliphatic rings. The van der Waals surface area contributed by atoms with Gasteiger partial charge >= 0.3 is 6.36 Å². The number of alkyl halides is 3. The highest BCUT2D eigenvalue weighted by molar-refractivity contribution is 14.0. The molecule has 1 aromatic rings. The summed E-state index contributed by atoms with van der Waals surface area (Å²) in [5.74, 6) is -0.271. The van der Waals surface area contributed by atoms with Crippen LogP contribution in [0.15, 0.2) is 29.3 Å². The summed E-state index contributed by atoms with van der Waals surface area (Å²) >= 11 is 0. The maximum absolute atomic E-state index is 12.1. The first-order chi connectivity index (χ1) is 10.4. The summed E-state index contributed by atoms with van der Waals surface area (Å²) in [4.78, 5) is 4.06. The van der Waals surface area contributed by atoms with Gasteiger partial charge in [0, 0.05) is 11.8 Å². The van der Waals surface area contributed by atoms with Crippen LogP contribution in [0.1, 0.15) is 0 Å². The van der Waals surface area contributed by atoms with Crippen molar-refractivity contribution in [2.45, 2.75) is 12.5 Å². The molecule has 0 aromatic heterocycles. The third-order valence-electron chi connectivity index (χ3n) is 2.69. The van der Waals surface area contributed by atoms with Gasteiger partial charge in [-0.3, -0.25) is 4.99 Å². The minimum atomic E-state index is -4.74. The van der Waals surface area contributed by atoms with Gasteiger partial charge in [-0.05, 0) is 12.1 Å². The Hall–Kier alpha value is -1.27. The van der Waals surface area contributed by atoms with Crippen molar-refractivity contribution in [1.82, 2.24) is 0 Å². The van der Waals surface area contributed by atoms with Crippen LogP contribution in [0.3, 0.4) is 0 Å². The first-order valence-corrected chi connectivity index (χ1v) is 6.54. The lowest BCUT2D eigenvalue weighted by molar-refractivity contribution is -0.274. The van der Waals surface area contributed by atoms with Gasteiger partial charge < -0.3 is 25.3 Å². The van der Waals surface area contributed by atoms with E-state index in [2.05, 4.69) is 15.0 Å². The standard InChI is InChI=1S/C13H16F3N3O3.HI/c14-13(15,16)22-10-3-1-2-9(6-10)19-12(17)18-7-11-8-20-4-5-21-11;/h1-3,6,11H,4-5,7-8H2,(H3,17,18,19);1H. The second-order valence-corrected chi connectivity index (χ2v) is 4.49. The minimum Gasteiger partial charge on any atom is -0.406 e. The Morgan fingerprint density at radius 1 is 1.39 bits per heavy atom. The molecule has 1 aliphatic heterocycles. The van der Waals surface area contributed by atoms with E-state index in [0.717, 1.165) is 0 Å². The normalized spacial score (nSPS) is 18.9. The molecule has 10 heteroatoms. The molecule has 0 bridgehead atoms. The number of ether oxygens (including phenoxy) is 3. The Morgan fingerprint density at radius 2 is 2.17 bits per heavy atom. The van der Waals surface area contributed by atoms with E-state index in [0.29, 0.717) is 32.1 Å². The lowest BCUT2D eigenvalue weighted by atomic mass is 10.3. The highest BCUT2D eigenvalue weighted by Gasteiger charge is 2.31. The molecule has 1 heterocycles. The van der Waals surface area contributed by atoms with Gasteiger partial charge in [0.15, 0.2) is 5.96 Å². The first kappa shape index (κ1) is 19.8. The summed E-state index contributed by atoms with van der Waals surface area (Å²) in [7, 11) is 0. The van der Waals surface area contributed by atoms with Crippen molar-refractivity contribution in [3.8, 4) is 5.75 Å². The smallest absolute Gasteiger partial charge is 0.406 e. The molecule has 1 atom stereocenters. The van der Waals surface area contributed by atoms with Crippen molar-refractivity contribution in [2.75, 3.05) is 31.7 Å². The quantitative estimate of drug-likeness (QED) is 0.421. The molecule has 3 N–H and O–H groups in total. The number of guanidine groups is 1. The highest BCUT2D eigenvalue weighted by Crippen LogP contribution is 2.24. The largest absolute Gasteiger partial charge is 0.573 e. The van der Waals surface area contributed by atoms with Crippen LogP contribution in [0.25, 0.3) is 0 Å². The van der Waals surface area contributed by atoms with E-state index in [-0.39, 0.29) is 41.8 Å². The molecule has 0 amide bonds. The maximum atomic E-state index is 12.1. The molecule has 2 rings (SSSR count). The summed E-state index contributed by atoms with van der Waals surface area (Å²) < 4.78 is 50.9. The monoisotopic (exact) mass is 447 g/mol. The van der Waals surface area contributed by atoms with Gasteiger partial charge in [-0.1, -0.05) is 6.07 Å². The predicted octanol–water partition coefficient (Wildman–Crippen LogP) is 2.35. The van der Waals surface area contributed by atoms with E-state index in [1.807, 2.05) is 0 Å². The number of anilines is 1. The molecule has 1 unspecified atom stereocenters. The van der Waals surface area contributed by atoms with Gasteiger partial charge in [-0.15, -0.1) is 37.1 Å².